The zero-order valence-corrected chi connectivity index (χ0v) is 20.2. The number of aromatic nitrogens is 2. The van der Waals surface area contributed by atoms with Crippen LogP contribution in [0.3, 0.4) is 0 Å². The van der Waals surface area contributed by atoms with Crippen LogP contribution in [0.1, 0.15) is 33.6 Å². The van der Waals surface area contributed by atoms with Crippen LogP contribution in [0.2, 0.25) is 0 Å². The minimum absolute atomic E-state index is 0. The zero-order valence-electron chi connectivity index (χ0n) is 19.5. The number of aryl methyl sites for hydroxylation is 2. The smallest absolute Gasteiger partial charge is 0.241 e. The second kappa shape index (κ2) is 9.88. The van der Waals surface area contributed by atoms with Gasteiger partial charge in [0.05, 0.1) is 22.0 Å². The van der Waals surface area contributed by atoms with Gasteiger partial charge in [0.25, 0.3) is 0 Å². The number of pyridine rings is 1. The molecule has 0 fully saturated rings. The second-order valence-electron chi connectivity index (χ2n) is 8.44. The van der Waals surface area contributed by atoms with Crippen LogP contribution in [-0.4, -0.2) is 35.1 Å². The van der Waals surface area contributed by atoms with Gasteiger partial charge in [-0.15, -0.1) is 0 Å². The Hall–Kier alpha value is -2.30. The Bertz CT molecular complexity index is 1180. The molecule has 166 valence electrons. The number of halogens is 1. The number of rotatable bonds is 8. The Labute approximate surface area is 192 Å². The largest absolute Gasteiger partial charge is 1.00 e. The summed E-state index contributed by atoms with van der Waals surface area (Å²) in [5.41, 5.74) is 6.38. The van der Waals surface area contributed by atoms with E-state index in [0.29, 0.717) is 6.04 Å². The molecule has 4 nitrogen and oxygen atoms in total. The average Bonchev–Trinajstić information content (AvgIpc) is 3.07. The van der Waals surface area contributed by atoms with Crippen molar-refractivity contribution in [1.29, 1.82) is 0 Å². The van der Waals surface area contributed by atoms with E-state index in [2.05, 4.69) is 103 Å². The van der Waals surface area contributed by atoms with Crippen molar-refractivity contribution in [3.63, 3.8) is 0 Å². The van der Waals surface area contributed by atoms with Crippen molar-refractivity contribution in [2.75, 3.05) is 25.0 Å². The molecule has 0 aliphatic carbocycles. The fourth-order valence-electron chi connectivity index (χ4n) is 4.85. The first-order valence-electron chi connectivity index (χ1n) is 11.3. The molecular weight excluding hydrogens is 404 g/mol. The SMILES string of the molecule is CCN(CC)CCCC(C)Nc1c2ccccc2[n+](C)c2c3ccccc3n(C)c12.[Cl-]. The van der Waals surface area contributed by atoms with Gasteiger partial charge in [-0.2, -0.15) is 4.57 Å². The molecule has 0 aliphatic rings. The third-order valence-electron chi connectivity index (χ3n) is 6.58. The molecule has 0 saturated heterocycles. The molecule has 2 aromatic heterocycles. The van der Waals surface area contributed by atoms with Crippen molar-refractivity contribution in [1.82, 2.24) is 9.47 Å². The molecule has 2 aromatic carbocycles. The first-order valence-corrected chi connectivity index (χ1v) is 11.3. The molecule has 0 bridgehead atoms. The number of nitrogens with one attached hydrogen (secondary N) is 1. The van der Waals surface area contributed by atoms with E-state index in [1.807, 2.05) is 0 Å². The summed E-state index contributed by atoms with van der Waals surface area (Å²) in [6.45, 7) is 10.3. The Morgan fingerprint density at radius 1 is 1.00 bits per heavy atom. The lowest BCUT2D eigenvalue weighted by Gasteiger charge is -2.21. The van der Waals surface area contributed by atoms with Crippen molar-refractivity contribution in [2.45, 2.75) is 39.7 Å². The van der Waals surface area contributed by atoms with Gasteiger partial charge in [0.2, 0.25) is 11.0 Å². The highest BCUT2D eigenvalue weighted by Gasteiger charge is 2.25. The highest BCUT2D eigenvalue weighted by Crippen LogP contribution is 2.35. The molecule has 0 spiro atoms. The molecule has 5 heteroatoms. The molecule has 1 unspecified atom stereocenters. The van der Waals surface area contributed by atoms with Crippen LogP contribution in [0.5, 0.6) is 0 Å². The predicted octanol–water partition coefficient (Wildman–Crippen LogP) is 2.24. The normalized spacial score (nSPS) is 12.6. The number of anilines is 1. The summed E-state index contributed by atoms with van der Waals surface area (Å²) in [6.07, 6.45) is 2.38. The van der Waals surface area contributed by atoms with Gasteiger partial charge in [-0.25, -0.2) is 0 Å². The van der Waals surface area contributed by atoms with Gasteiger partial charge in [0.1, 0.15) is 12.6 Å². The molecule has 1 atom stereocenters. The Balaban J connectivity index is 0.00000272. The van der Waals surface area contributed by atoms with E-state index in [0.717, 1.165) is 19.5 Å². The van der Waals surface area contributed by atoms with Gasteiger partial charge in [-0.3, -0.25) is 0 Å². The molecule has 4 aromatic rings. The summed E-state index contributed by atoms with van der Waals surface area (Å²) < 4.78 is 4.70. The van der Waals surface area contributed by atoms with Crippen molar-refractivity contribution in [3.05, 3.63) is 48.5 Å². The van der Waals surface area contributed by atoms with E-state index >= 15 is 0 Å². The standard InChI is InChI=1S/C26H34N4.ClH/c1-6-30(7-2)18-12-13-19(3)27-24-20-14-8-10-16-22(20)28(4)25-21-15-9-11-17-23(21)29(5)26(24)25;/h8-11,14-17,19H,6-7,12-13,18H2,1-5H3;1H. The maximum Gasteiger partial charge on any atom is 0.241 e. The van der Waals surface area contributed by atoms with Gasteiger partial charge in [0, 0.05) is 19.2 Å². The van der Waals surface area contributed by atoms with Gasteiger partial charge in [-0.1, -0.05) is 38.1 Å². The third-order valence-corrected chi connectivity index (χ3v) is 6.58. The fourth-order valence-corrected chi connectivity index (χ4v) is 4.85. The monoisotopic (exact) mass is 438 g/mol. The van der Waals surface area contributed by atoms with Crippen molar-refractivity contribution in [3.8, 4) is 0 Å². The Morgan fingerprint density at radius 3 is 2.35 bits per heavy atom. The maximum absolute atomic E-state index is 3.91. The molecule has 0 amide bonds. The van der Waals surface area contributed by atoms with Crippen LogP contribution in [0.4, 0.5) is 5.69 Å². The summed E-state index contributed by atoms with van der Waals surface area (Å²) in [5.74, 6) is 0. The van der Waals surface area contributed by atoms with Crippen molar-refractivity contribution < 1.29 is 17.0 Å². The van der Waals surface area contributed by atoms with Crippen LogP contribution in [-0.2, 0) is 14.1 Å². The summed E-state index contributed by atoms with van der Waals surface area (Å²) >= 11 is 0. The fraction of sp³-hybridized carbons (Fsp3) is 0.423. The van der Waals surface area contributed by atoms with Gasteiger partial charge < -0.3 is 27.2 Å². The molecular formula is C26H35ClN4. The third kappa shape index (κ3) is 4.24. The number of fused-ring (bicyclic) bond motifs is 4. The van der Waals surface area contributed by atoms with E-state index in [-0.39, 0.29) is 12.4 Å². The summed E-state index contributed by atoms with van der Waals surface area (Å²) in [7, 11) is 4.38. The summed E-state index contributed by atoms with van der Waals surface area (Å²) in [6, 6.07) is 17.9. The highest BCUT2D eigenvalue weighted by atomic mass is 35.5. The number of hydrogen-bond acceptors (Lipinski definition) is 2. The number of para-hydroxylation sites is 2. The lowest BCUT2D eigenvalue weighted by atomic mass is 10.1. The van der Waals surface area contributed by atoms with Crippen LogP contribution >= 0.6 is 0 Å². The van der Waals surface area contributed by atoms with E-state index in [9.17, 15) is 0 Å². The molecule has 2 heterocycles. The van der Waals surface area contributed by atoms with Crippen LogP contribution in [0, 0.1) is 0 Å². The predicted molar refractivity (Wildman–Crippen MR) is 129 cm³/mol. The maximum atomic E-state index is 3.91. The van der Waals surface area contributed by atoms with Gasteiger partial charge >= 0.3 is 0 Å². The van der Waals surface area contributed by atoms with E-state index in [1.54, 1.807) is 0 Å². The lowest BCUT2D eigenvalue weighted by molar-refractivity contribution is -0.616. The lowest BCUT2D eigenvalue weighted by Crippen LogP contribution is -3.00. The second-order valence-corrected chi connectivity index (χ2v) is 8.44. The molecule has 0 radical (unpaired) electrons. The summed E-state index contributed by atoms with van der Waals surface area (Å²) in [4.78, 5) is 2.51. The Kier molecular flexibility index (Phi) is 7.45. The quantitative estimate of drug-likeness (QED) is 0.426. The number of nitrogens with zero attached hydrogens (tertiary/aromatic N) is 3. The minimum atomic E-state index is 0. The van der Waals surface area contributed by atoms with Gasteiger partial charge in [-0.05, 0) is 57.6 Å². The molecule has 4 rings (SSSR count). The van der Waals surface area contributed by atoms with E-state index in [4.69, 9.17) is 0 Å². The van der Waals surface area contributed by atoms with E-state index < -0.39 is 0 Å². The molecule has 31 heavy (non-hydrogen) atoms. The average molecular weight is 439 g/mol. The molecule has 1 N–H and O–H groups in total. The van der Waals surface area contributed by atoms with Crippen LogP contribution in [0.15, 0.2) is 48.5 Å². The van der Waals surface area contributed by atoms with Crippen LogP contribution < -0.4 is 22.3 Å². The summed E-state index contributed by atoms with van der Waals surface area (Å²) in [5, 5.41) is 6.51. The van der Waals surface area contributed by atoms with Crippen LogP contribution in [0.25, 0.3) is 32.8 Å². The molecule has 0 saturated carbocycles. The van der Waals surface area contributed by atoms with Gasteiger partial charge in [0.15, 0.2) is 0 Å². The number of hydrogen-bond donors (Lipinski definition) is 1. The molecule has 0 aliphatic heterocycles. The van der Waals surface area contributed by atoms with Crippen molar-refractivity contribution in [2.24, 2.45) is 14.1 Å². The highest BCUT2D eigenvalue weighted by molar-refractivity contribution is 6.13. The van der Waals surface area contributed by atoms with Crippen molar-refractivity contribution >= 4 is 38.5 Å². The zero-order chi connectivity index (χ0) is 21.3. The Morgan fingerprint density at radius 2 is 1.65 bits per heavy atom. The van der Waals surface area contributed by atoms with E-state index in [1.165, 1.54) is 51.5 Å². The minimum Gasteiger partial charge on any atom is -1.00 e. The first kappa shape index (κ1) is 23.4. The topological polar surface area (TPSA) is 24.1 Å². The number of benzene rings is 2. The first-order chi connectivity index (χ1) is 14.6.